The summed E-state index contributed by atoms with van der Waals surface area (Å²) in [4.78, 5) is 24.3. The first-order valence-corrected chi connectivity index (χ1v) is 7.59. The van der Waals surface area contributed by atoms with E-state index in [1.165, 1.54) is 0 Å². The highest BCUT2D eigenvalue weighted by Crippen LogP contribution is 2.21. The number of rotatable bonds is 5. The van der Waals surface area contributed by atoms with Crippen molar-refractivity contribution >= 4 is 27.9 Å². The second-order valence-electron chi connectivity index (χ2n) is 4.45. The van der Waals surface area contributed by atoms with Crippen molar-refractivity contribution in [1.82, 2.24) is 0 Å². The van der Waals surface area contributed by atoms with Crippen molar-refractivity contribution in [2.45, 2.75) is 13.0 Å². The summed E-state index contributed by atoms with van der Waals surface area (Å²) in [6.07, 6.45) is -1.07. The van der Waals surface area contributed by atoms with E-state index in [9.17, 15) is 9.59 Å². The minimum absolute atomic E-state index is 0.220. The van der Waals surface area contributed by atoms with Crippen LogP contribution in [0.1, 0.15) is 28.9 Å². The van der Waals surface area contributed by atoms with E-state index < -0.39 is 18.0 Å². The van der Waals surface area contributed by atoms with Crippen LogP contribution < -0.4 is 0 Å². The van der Waals surface area contributed by atoms with E-state index in [2.05, 4.69) is 15.9 Å². The molecule has 2 rings (SSSR count). The van der Waals surface area contributed by atoms with Gasteiger partial charge in [-0.25, -0.2) is 9.59 Å². The Balaban J connectivity index is 2.21. The molecule has 0 amide bonds. The summed E-state index contributed by atoms with van der Waals surface area (Å²) in [6.45, 7) is 1.93. The third kappa shape index (κ3) is 4.18. The monoisotopic (exact) mass is 362 g/mol. The number of hydrogen-bond donors (Lipinski definition) is 0. The molecule has 114 valence electrons. The van der Waals surface area contributed by atoms with E-state index in [0.717, 1.165) is 4.47 Å². The molecule has 2 aromatic carbocycles. The molecule has 1 atom stereocenters. The maximum Gasteiger partial charge on any atom is 0.352 e. The fraction of sp³-hybridized carbons (Fsp3) is 0.176. The lowest BCUT2D eigenvalue weighted by Crippen LogP contribution is -2.22. The number of carbonyl (C=O) groups excluding carboxylic acids is 2. The molecular weight excluding hydrogens is 348 g/mol. The van der Waals surface area contributed by atoms with Crippen LogP contribution in [0.3, 0.4) is 0 Å². The predicted octanol–water partition coefficient (Wildman–Crippen LogP) is 3.91. The largest absolute Gasteiger partial charge is 0.463 e. The van der Waals surface area contributed by atoms with Crippen molar-refractivity contribution in [3.05, 3.63) is 70.2 Å². The molecule has 0 aromatic heterocycles. The Morgan fingerprint density at radius 3 is 2.27 bits per heavy atom. The number of hydrogen-bond acceptors (Lipinski definition) is 4. The Morgan fingerprint density at radius 1 is 1.05 bits per heavy atom. The van der Waals surface area contributed by atoms with Crippen molar-refractivity contribution in [3.8, 4) is 0 Å². The van der Waals surface area contributed by atoms with Gasteiger partial charge in [-0.15, -0.1) is 0 Å². The third-order valence-electron chi connectivity index (χ3n) is 2.91. The highest BCUT2D eigenvalue weighted by molar-refractivity contribution is 9.10. The maximum absolute atomic E-state index is 12.2. The van der Waals surface area contributed by atoms with Gasteiger partial charge in [-0.05, 0) is 31.2 Å². The highest BCUT2D eigenvalue weighted by atomic mass is 79.9. The molecule has 0 aliphatic rings. The summed E-state index contributed by atoms with van der Waals surface area (Å²) in [5, 5.41) is 0. The van der Waals surface area contributed by atoms with Crippen molar-refractivity contribution < 1.29 is 19.1 Å². The van der Waals surface area contributed by atoms with Gasteiger partial charge in [0.15, 0.2) is 0 Å². The van der Waals surface area contributed by atoms with E-state index in [1.54, 1.807) is 55.5 Å². The zero-order chi connectivity index (χ0) is 15.9. The molecule has 4 nitrogen and oxygen atoms in total. The zero-order valence-corrected chi connectivity index (χ0v) is 13.6. The third-order valence-corrected chi connectivity index (χ3v) is 3.44. The summed E-state index contributed by atoms with van der Waals surface area (Å²) in [5.74, 6) is -1.16. The van der Waals surface area contributed by atoms with Gasteiger partial charge < -0.3 is 9.47 Å². The molecule has 0 fully saturated rings. The molecule has 0 spiro atoms. The first-order chi connectivity index (χ1) is 10.6. The average molecular weight is 363 g/mol. The number of benzene rings is 2. The number of esters is 2. The highest BCUT2D eigenvalue weighted by Gasteiger charge is 2.26. The van der Waals surface area contributed by atoms with Crippen molar-refractivity contribution in [2.75, 3.05) is 6.61 Å². The lowest BCUT2D eigenvalue weighted by Gasteiger charge is -2.16. The Hall–Kier alpha value is -2.14. The second-order valence-corrected chi connectivity index (χ2v) is 5.37. The smallest absolute Gasteiger partial charge is 0.352 e. The van der Waals surface area contributed by atoms with Crippen LogP contribution in [0, 0.1) is 0 Å². The van der Waals surface area contributed by atoms with Gasteiger partial charge in [0.25, 0.3) is 0 Å². The van der Waals surface area contributed by atoms with E-state index in [1.807, 2.05) is 6.07 Å². The van der Waals surface area contributed by atoms with Crippen LogP contribution >= 0.6 is 15.9 Å². The maximum atomic E-state index is 12.2. The van der Waals surface area contributed by atoms with Crippen LogP contribution in [0.4, 0.5) is 0 Å². The fourth-order valence-electron chi connectivity index (χ4n) is 1.86. The summed E-state index contributed by atoms with van der Waals surface area (Å²) in [5.41, 5.74) is 0.944. The lowest BCUT2D eigenvalue weighted by molar-refractivity contribution is -0.153. The molecule has 0 heterocycles. The molecular formula is C17H15BrO4. The van der Waals surface area contributed by atoms with Gasteiger partial charge >= 0.3 is 11.9 Å². The van der Waals surface area contributed by atoms with Gasteiger partial charge in [-0.2, -0.15) is 0 Å². The second kappa shape index (κ2) is 7.75. The van der Waals surface area contributed by atoms with E-state index in [4.69, 9.17) is 9.47 Å². The average Bonchev–Trinajstić information content (AvgIpc) is 2.54. The molecule has 0 bridgehead atoms. The molecule has 0 aliphatic carbocycles. The SMILES string of the molecule is CCOC(=O)C(OC(=O)c1ccc(Br)cc1)c1ccccc1. The van der Waals surface area contributed by atoms with Crippen molar-refractivity contribution in [3.63, 3.8) is 0 Å². The predicted molar refractivity (Wildman–Crippen MR) is 85.4 cm³/mol. The molecule has 0 saturated heterocycles. The Labute approximate surface area is 137 Å². The minimum atomic E-state index is -1.07. The summed E-state index contributed by atoms with van der Waals surface area (Å²) in [7, 11) is 0. The summed E-state index contributed by atoms with van der Waals surface area (Å²) >= 11 is 3.30. The van der Waals surface area contributed by atoms with Crippen LogP contribution in [0.2, 0.25) is 0 Å². The Morgan fingerprint density at radius 2 is 1.68 bits per heavy atom. The first kappa shape index (κ1) is 16.2. The van der Waals surface area contributed by atoms with Crippen LogP contribution in [0.5, 0.6) is 0 Å². The fourth-order valence-corrected chi connectivity index (χ4v) is 2.12. The standard InChI is InChI=1S/C17H15BrO4/c1-2-21-17(20)15(12-6-4-3-5-7-12)22-16(19)13-8-10-14(18)11-9-13/h3-11,15H,2H2,1H3. The van der Waals surface area contributed by atoms with E-state index in [0.29, 0.717) is 11.1 Å². The Bertz CT molecular complexity index is 637. The van der Waals surface area contributed by atoms with Gasteiger partial charge in [-0.1, -0.05) is 46.3 Å². The molecule has 0 saturated carbocycles. The number of ether oxygens (including phenoxy) is 2. The van der Waals surface area contributed by atoms with Gasteiger partial charge in [0.2, 0.25) is 6.10 Å². The molecule has 0 aliphatic heterocycles. The van der Waals surface area contributed by atoms with Gasteiger partial charge in [-0.3, -0.25) is 0 Å². The van der Waals surface area contributed by atoms with Crippen LogP contribution in [-0.2, 0) is 14.3 Å². The molecule has 5 heteroatoms. The van der Waals surface area contributed by atoms with Crippen LogP contribution in [-0.4, -0.2) is 18.5 Å². The number of carbonyl (C=O) groups is 2. The normalized spacial score (nSPS) is 11.5. The van der Waals surface area contributed by atoms with Crippen molar-refractivity contribution in [2.24, 2.45) is 0 Å². The van der Waals surface area contributed by atoms with E-state index >= 15 is 0 Å². The van der Waals surface area contributed by atoms with Gasteiger partial charge in [0, 0.05) is 10.0 Å². The quantitative estimate of drug-likeness (QED) is 0.756. The van der Waals surface area contributed by atoms with Crippen molar-refractivity contribution in [1.29, 1.82) is 0 Å². The molecule has 1 unspecified atom stereocenters. The van der Waals surface area contributed by atoms with Gasteiger partial charge in [0.05, 0.1) is 12.2 Å². The van der Waals surface area contributed by atoms with Crippen LogP contribution in [0.15, 0.2) is 59.1 Å². The molecule has 0 radical (unpaired) electrons. The summed E-state index contributed by atoms with van der Waals surface area (Å²) < 4.78 is 11.2. The lowest BCUT2D eigenvalue weighted by atomic mass is 10.1. The van der Waals surface area contributed by atoms with Gasteiger partial charge in [0.1, 0.15) is 0 Å². The molecule has 0 N–H and O–H groups in total. The molecule has 22 heavy (non-hydrogen) atoms. The van der Waals surface area contributed by atoms with Crippen LogP contribution in [0.25, 0.3) is 0 Å². The molecule has 2 aromatic rings. The minimum Gasteiger partial charge on any atom is -0.463 e. The first-order valence-electron chi connectivity index (χ1n) is 6.80. The van der Waals surface area contributed by atoms with E-state index in [-0.39, 0.29) is 6.61 Å². The Kier molecular flexibility index (Phi) is 5.72. The topological polar surface area (TPSA) is 52.6 Å². The number of halogens is 1. The summed E-state index contributed by atoms with van der Waals surface area (Å²) in [6, 6.07) is 15.5. The zero-order valence-electron chi connectivity index (χ0n) is 12.0.